The zero-order valence-electron chi connectivity index (χ0n) is 21.2. The van der Waals surface area contributed by atoms with E-state index in [1.165, 1.54) is 6.92 Å². The Morgan fingerprint density at radius 2 is 1.24 bits per heavy atom. The van der Waals surface area contributed by atoms with Crippen LogP contribution in [0.4, 0.5) is 0 Å². The van der Waals surface area contributed by atoms with Gasteiger partial charge in [-0.15, -0.1) is 5.11 Å². The predicted molar refractivity (Wildman–Crippen MR) is 136 cm³/mol. The molecule has 7 nitrogen and oxygen atoms in total. The highest BCUT2D eigenvalue weighted by molar-refractivity contribution is 5.80. The first-order valence-electron chi connectivity index (χ1n) is 12.4. The summed E-state index contributed by atoms with van der Waals surface area (Å²) in [6.45, 7) is 17.1. The summed E-state index contributed by atoms with van der Waals surface area (Å²) in [5, 5.41) is 8.28. The number of ether oxygens (including phenoxy) is 2. The van der Waals surface area contributed by atoms with Crippen LogP contribution in [0, 0.1) is 0 Å². The van der Waals surface area contributed by atoms with Gasteiger partial charge in [0.25, 0.3) is 5.91 Å². The summed E-state index contributed by atoms with van der Waals surface area (Å²) < 4.78 is 12.1. The van der Waals surface area contributed by atoms with E-state index in [1.807, 2.05) is 24.3 Å². The number of carbonyl (C=O) groups is 1. The van der Waals surface area contributed by atoms with Gasteiger partial charge >= 0.3 is 0 Å². The molecule has 0 heterocycles. The van der Waals surface area contributed by atoms with Gasteiger partial charge in [0.2, 0.25) is 0 Å². The number of nitrogens with zero attached hydrogens (tertiary/aromatic N) is 4. The topological polar surface area (TPSA) is 66.7 Å². The van der Waals surface area contributed by atoms with Crippen LogP contribution in [0.2, 0.25) is 0 Å². The van der Waals surface area contributed by atoms with Crippen molar-refractivity contribution < 1.29 is 14.3 Å². The van der Waals surface area contributed by atoms with E-state index < -0.39 is 0 Å². The van der Waals surface area contributed by atoms with Crippen LogP contribution in [0.15, 0.2) is 46.6 Å². The molecule has 1 amide bonds. The molecule has 0 saturated heterocycles. The SMILES string of the molecule is CCN(CC)CCOc1ccc2c(c1)C(N=NC(C)=O)c1cc(OCCN(CC)CC)ccc1-2. The highest BCUT2D eigenvalue weighted by atomic mass is 16.5. The molecular weight excluding hydrogens is 428 g/mol. The lowest BCUT2D eigenvalue weighted by atomic mass is 10.1. The van der Waals surface area contributed by atoms with Gasteiger partial charge in [0.15, 0.2) is 0 Å². The van der Waals surface area contributed by atoms with E-state index in [0.29, 0.717) is 13.2 Å². The summed E-state index contributed by atoms with van der Waals surface area (Å²) in [6, 6.07) is 11.9. The molecule has 0 N–H and O–H groups in total. The summed E-state index contributed by atoms with van der Waals surface area (Å²) in [7, 11) is 0. The smallest absolute Gasteiger partial charge is 0.261 e. The number of amides is 1. The Kier molecular flexibility index (Phi) is 9.60. The molecule has 0 spiro atoms. The van der Waals surface area contributed by atoms with Crippen molar-refractivity contribution in [3.8, 4) is 22.6 Å². The Hall–Kier alpha value is -2.77. The molecule has 1 aliphatic rings. The predicted octanol–water partition coefficient (Wildman–Crippen LogP) is 5.20. The van der Waals surface area contributed by atoms with E-state index in [-0.39, 0.29) is 11.9 Å². The second-order valence-corrected chi connectivity index (χ2v) is 8.39. The fourth-order valence-corrected chi connectivity index (χ4v) is 4.30. The maximum atomic E-state index is 11.6. The quantitative estimate of drug-likeness (QED) is 0.380. The maximum Gasteiger partial charge on any atom is 0.261 e. The minimum Gasteiger partial charge on any atom is -0.492 e. The Bertz CT molecular complexity index is 916. The van der Waals surface area contributed by atoms with Crippen molar-refractivity contribution in [3.63, 3.8) is 0 Å². The first-order valence-corrected chi connectivity index (χ1v) is 12.4. The summed E-state index contributed by atoms with van der Waals surface area (Å²) in [5.74, 6) is 1.29. The number of azo groups is 1. The van der Waals surface area contributed by atoms with Crippen molar-refractivity contribution in [1.29, 1.82) is 0 Å². The fourth-order valence-electron chi connectivity index (χ4n) is 4.30. The van der Waals surface area contributed by atoms with Crippen molar-refractivity contribution in [3.05, 3.63) is 47.5 Å². The Morgan fingerprint density at radius 1 is 0.794 bits per heavy atom. The molecule has 184 valence electrons. The van der Waals surface area contributed by atoms with E-state index >= 15 is 0 Å². The zero-order valence-corrected chi connectivity index (χ0v) is 21.2. The lowest BCUT2D eigenvalue weighted by molar-refractivity contribution is -0.116. The molecule has 2 aromatic rings. The Morgan fingerprint density at radius 3 is 1.62 bits per heavy atom. The van der Waals surface area contributed by atoms with Crippen LogP contribution in [0.3, 0.4) is 0 Å². The second-order valence-electron chi connectivity index (χ2n) is 8.39. The first-order chi connectivity index (χ1) is 16.5. The lowest BCUT2D eigenvalue weighted by Crippen LogP contribution is -2.27. The van der Waals surface area contributed by atoms with Crippen LogP contribution in [-0.2, 0) is 4.79 Å². The third-order valence-corrected chi connectivity index (χ3v) is 6.38. The Balaban J connectivity index is 1.80. The summed E-state index contributed by atoms with van der Waals surface area (Å²) in [5.41, 5.74) is 4.18. The molecule has 0 radical (unpaired) electrons. The van der Waals surface area contributed by atoms with Crippen molar-refractivity contribution in [2.24, 2.45) is 10.2 Å². The lowest BCUT2D eigenvalue weighted by Gasteiger charge is -2.18. The zero-order chi connectivity index (χ0) is 24.5. The molecular formula is C27H38N4O3. The molecule has 34 heavy (non-hydrogen) atoms. The molecule has 0 aromatic heterocycles. The number of likely N-dealkylation sites (N-methyl/N-ethyl adjacent to an activating group) is 2. The van der Waals surface area contributed by atoms with Crippen LogP contribution < -0.4 is 9.47 Å². The molecule has 2 aromatic carbocycles. The van der Waals surface area contributed by atoms with Gasteiger partial charge in [0, 0.05) is 20.0 Å². The van der Waals surface area contributed by atoms with Gasteiger partial charge in [0.05, 0.1) is 0 Å². The van der Waals surface area contributed by atoms with Crippen molar-refractivity contribution in [2.45, 2.75) is 40.7 Å². The molecule has 0 atom stereocenters. The van der Waals surface area contributed by atoms with Gasteiger partial charge in [-0.1, -0.05) is 39.8 Å². The minimum atomic E-state index is -0.355. The normalized spacial score (nSPS) is 13.0. The second kappa shape index (κ2) is 12.6. The highest BCUT2D eigenvalue weighted by Gasteiger charge is 2.30. The summed E-state index contributed by atoms with van der Waals surface area (Å²) in [6.07, 6.45) is 0. The number of fused-ring (bicyclic) bond motifs is 3. The van der Waals surface area contributed by atoms with Crippen LogP contribution in [0.1, 0.15) is 51.8 Å². The van der Waals surface area contributed by atoms with Gasteiger partial charge in [-0.25, -0.2) is 0 Å². The van der Waals surface area contributed by atoms with Gasteiger partial charge in [-0.2, -0.15) is 5.11 Å². The number of carbonyl (C=O) groups excluding carboxylic acids is 1. The summed E-state index contributed by atoms with van der Waals surface area (Å²) in [4.78, 5) is 16.2. The molecule has 0 unspecified atom stereocenters. The minimum absolute atomic E-state index is 0.312. The molecule has 0 fully saturated rings. The van der Waals surface area contributed by atoms with E-state index in [1.54, 1.807) is 0 Å². The number of hydrogen-bond donors (Lipinski definition) is 0. The largest absolute Gasteiger partial charge is 0.492 e. The molecule has 0 aliphatic heterocycles. The van der Waals surface area contributed by atoms with Crippen molar-refractivity contribution in [2.75, 3.05) is 52.5 Å². The maximum absolute atomic E-state index is 11.6. The van der Waals surface area contributed by atoms with Crippen LogP contribution in [0.25, 0.3) is 11.1 Å². The monoisotopic (exact) mass is 466 g/mol. The van der Waals surface area contributed by atoms with Crippen LogP contribution in [-0.4, -0.2) is 68.2 Å². The first kappa shape index (κ1) is 25.8. The van der Waals surface area contributed by atoms with Crippen molar-refractivity contribution >= 4 is 5.91 Å². The van der Waals surface area contributed by atoms with E-state index in [2.05, 4.69) is 59.9 Å². The molecule has 0 bridgehead atoms. The number of benzene rings is 2. The average Bonchev–Trinajstić information content (AvgIpc) is 3.15. The van der Waals surface area contributed by atoms with Gasteiger partial charge in [-0.3, -0.25) is 4.79 Å². The number of rotatable bonds is 13. The third kappa shape index (κ3) is 6.42. The average molecular weight is 467 g/mol. The fraction of sp³-hybridized carbons (Fsp3) is 0.519. The molecule has 1 aliphatic carbocycles. The van der Waals surface area contributed by atoms with Crippen molar-refractivity contribution in [1.82, 2.24) is 9.80 Å². The van der Waals surface area contributed by atoms with Crippen LogP contribution >= 0.6 is 0 Å². The standard InChI is InChI=1S/C27H38N4O3/c1-6-30(7-2)14-16-33-21-10-12-23-24-13-11-22(34-17-15-31(8-3)9-4)19-26(24)27(25(23)18-21)29-28-20(5)32/h10-13,18-19,27H,6-9,14-17H2,1-5H3. The van der Waals surface area contributed by atoms with Crippen LogP contribution in [0.5, 0.6) is 11.5 Å². The van der Waals surface area contributed by atoms with E-state index in [9.17, 15) is 4.79 Å². The highest BCUT2D eigenvalue weighted by Crippen LogP contribution is 2.48. The summed E-state index contributed by atoms with van der Waals surface area (Å²) >= 11 is 0. The van der Waals surface area contributed by atoms with Gasteiger partial charge in [0.1, 0.15) is 30.8 Å². The van der Waals surface area contributed by atoms with E-state index in [0.717, 1.165) is 73.0 Å². The van der Waals surface area contributed by atoms with Gasteiger partial charge < -0.3 is 19.3 Å². The third-order valence-electron chi connectivity index (χ3n) is 6.38. The molecule has 3 rings (SSSR count). The molecule has 7 heteroatoms. The van der Waals surface area contributed by atoms with E-state index in [4.69, 9.17) is 9.47 Å². The number of hydrogen-bond acceptors (Lipinski definition) is 6. The molecule has 0 saturated carbocycles. The van der Waals surface area contributed by atoms with Gasteiger partial charge in [-0.05, 0) is 72.7 Å². The Labute approximate surface area is 203 Å².